The Morgan fingerprint density at radius 1 is 1.33 bits per heavy atom. The van der Waals surface area contributed by atoms with Gasteiger partial charge in [0, 0.05) is 23.1 Å². The van der Waals surface area contributed by atoms with Gasteiger partial charge in [-0.1, -0.05) is 41.1 Å². The van der Waals surface area contributed by atoms with Gasteiger partial charge in [-0.2, -0.15) is 0 Å². The van der Waals surface area contributed by atoms with E-state index in [4.69, 9.17) is 0 Å². The molecular weight excluding hydrogens is 409 g/mol. The van der Waals surface area contributed by atoms with Gasteiger partial charge in [0.25, 0.3) is 5.91 Å². The van der Waals surface area contributed by atoms with E-state index in [2.05, 4.69) is 34.4 Å². The molecule has 0 radical (unpaired) electrons. The van der Waals surface area contributed by atoms with Crippen molar-refractivity contribution in [3.05, 3.63) is 76.8 Å². The van der Waals surface area contributed by atoms with Gasteiger partial charge in [0.05, 0.1) is 12.1 Å². The van der Waals surface area contributed by atoms with E-state index in [1.807, 2.05) is 22.8 Å². The van der Waals surface area contributed by atoms with Crippen molar-refractivity contribution < 1.29 is 9.18 Å². The SMILES string of the molecule is C=CCN(Cc1nc2c(F)cccc2n1CCC)C(=O)c1cccc(Br)c1. The third kappa shape index (κ3) is 4.11. The van der Waals surface area contributed by atoms with Crippen molar-refractivity contribution in [2.24, 2.45) is 0 Å². The smallest absolute Gasteiger partial charge is 0.254 e. The number of halogens is 2. The number of rotatable bonds is 7. The summed E-state index contributed by atoms with van der Waals surface area (Å²) >= 11 is 3.40. The Bertz CT molecular complexity index is 983. The molecule has 6 heteroatoms. The molecule has 0 N–H and O–H groups in total. The highest BCUT2D eigenvalue weighted by atomic mass is 79.9. The topological polar surface area (TPSA) is 38.1 Å². The maximum absolute atomic E-state index is 14.2. The Morgan fingerprint density at radius 3 is 2.81 bits per heavy atom. The van der Waals surface area contributed by atoms with E-state index in [-0.39, 0.29) is 18.3 Å². The number of carbonyl (C=O) groups excluding carboxylic acids is 1. The second kappa shape index (κ2) is 8.48. The van der Waals surface area contributed by atoms with Gasteiger partial charge in [0.15, 0.2) is 5.82 Å². The Hall–Kier alpha value is -2.47. The van der Waals surface area contributed by atoms with Crippen LogP contribution in [0.25, 0.3) is 11.0 Å². The van der Waals surface area contributed by atoms with Crippen molar-refractivity contribution in [3.63, 3.8) is 0 Å². The minimum Gasteiger partial charge on any atom is -0.327 e. The van der Waals surface area contributed by atoms with E-state index in [0.29, 0.717) is 30.0 Å². The second-order valence-electron chi connectivity index (χ2n) is 6.27. The number of imidazole rings is 1. The quantitative estimate of drug-likeness (QED) is 0.485. The van der Waals surface area contributed by atoms with Gasteiger partial charge in [-0.15, -0.1) is 6.58 Å². The summed E-state index contributed by atoms with van der Waals surface area (Å²) in [7, 11) is 0. The number of aromatic nitrogens is 2. The number of hydrogen-bond donors (Lipinski definition) is 0. The first-order valence-electron chi connectivity index (χ1n) is 8.84. The Labute approximate surface area is 166 Å². The average molecular weight is 430 g/mol. The second-order valence-corrected chi connectivity index (χ2v) is 7.19. The average Bonchev–Trinajstić information content (AvgIpc) is 3.00. The molecule has 2 aromatic carbocycles. The standard InChI is InChI=1S/C21H21BrFN3O/c1-3-11-25(21(27)15-7-5-8-16(22)13-15)14-19-24-20-17(23)9-6-10-18(20)26(19)12-4-2/h3,5-10,13H,1,4,11-12,14H2,2H3. The molecule has 0 aliphatic rings. The number of benzene rings is 2. The van der Waals surface area contributed by atoms with Gasteiger partial charge in [0.1, 0.15) is 11.3 Å². The zero-order valence-electron chi connectivity index (χ0n) is 15.2. The fourth-order valence-electron chi connectivity index (χ4n) is 3.10. The van der Waals surface area contributed by atoms with E-state index in [1.165, 1.54) is 6.07 Å². The molecule has 4 nitrogen and oxygen atoms in total. The van der Waals surface area contributed by atoms with Crippen LogP contribution in [0, 0.1) is 5.82 Å². The van der Waals surface area contributed by atoms with Gasteiger partial charge in [0.2, 0.25) is 0 Å². The van der Waals surface area contributed by atoms with Gasteiger partial charge in [-0.05, 0) is 36.8 Å². The summed E-state index contributed by atoms with van der Waals surface area (Å²) in [5.74, 6) is 0.200. The fourth-order valence-corrected chi connectivity index (χ4v) is 3.50. The monoisotopic (exact) mass is 429 g/mol. The number of carbonyl (C=O) groups is 1. The highest BCUT2D eigenvalue weighted by molar-refractivity contribution is 9.10. The normalized spacial score (nSPS) is 10.9. The highest BCUT2D eigenvalue weighted by Gasteiger charge is 2.20. The van der Waals surface area contributed by atoms with Crippen LogP contribution in [-0.2, 0) is 13.1 Å². The molecule has 0 aliphatic carbocycles. The van der Waals surface area contributed by atoms with Crippen LogP contribution in [0.5, 0.6) is 0 Å². The van der Waals surface area contributed by atoms with Crippen molar-refractivity contribution in [1.82, 2.24) is 14.5 Å². The number of hydrogen-bond acceptors (Lipinski definition) is 2. The summed E-state index contributed by atoms with van der Waals surface area (Å²) < 4.78 is 17.0. The summed E-state index contributed by atoms with van der Waals surface area (Å²) in [6, 6.07) is 12.2. The Morgan fingerprint density at radius 2 is 2.11 bits per heavy atom. The van der Waals surface area contributed by atoms with E-state index < -0.39 is 0 Å². The van der Waals surface area contributed by atoms with E-state index in [9.17, 15) is 9.18 Å². The summed E-state index contributed by atoms with van der Waals surface area (Å²) in [6.45, 7) is 7.19. The molecule has 0 saturated carbocycles. The number of para-hydroxylation sites is 1. The largest absolute Gasteiger partial charge is 0.327 e. The van der Waals surface area contributed by atoms with Crippen LogP contribution in [0.3, 0.4) is 0 Å². The molecule has 0 bridgehead atoms. The molecule has 1 amide bonds. The van der Waals surface area contributed by atoms with Crippen LogP contribution < -0.4 is 0 Å². The van der Waals surface area contributed by atoms with Crippen LogP contribution in [0.1, 0.15) is 29.5 Å². The number of nitrogens with zero attached hydrogens (tertiary/aromatic N) is 3. The first-order chi connectivity index (χ1) is 13.0. The number of amides is 1. The lowest BCUT2D eigenvalue weighted by molar-refractivity contribution is 0.0757. The lowest BCUT2D eigenvalue weighted by Gasteiger charge is -2.21. The molecule has 140 valence electrons. The van der Waals surface area contributed by atoms with Crippen LogP contribution in [0.4, 0.5) is 4.39 Å². The van der Waals surface area contributed by atoms with Crippen molar-refractivity contribution in [3.8, 4) is 0 Å². The molecule has 0 atom stereocenters. The molecule has 3 rings (SSSR count). The molecule has 0 aliphatic heterocycles. The lowest BCUT2D eigenvalue weighted by atomic mass is 10.2. The maximum Gasteiger partial charge on any atom is 0.254 e. The molecule has 0 unspecified atom stereocenters. The predicted octanol–water partition coefficient (Wildman–Crippen LogP) is 5.18. The molecule has 1 aromatic heterocycles. The third-order valence-corrected chi connectivity index (χ3v) is 4.79. The molecule has 3 aromatic rings. The summed E-state index contributed by atoms with van der Waals surface area (Å²) in [4.78, 5) is 19.2. The zero-order chi connectivity index (χ0) is 19.4. The third-order valence-electron chi connectivity index (χ3n) is 4.30. The lowest BCUT2D eigenvalue weighted by Crippen LogP contribution is -2.32. The molecule has 0 fully saturated rings. The van der Waals surface area contributed by atoms with E-state index in [0.717, 1.165) is 16.4 Å². The van der Waals surface area contributed by atoms with Crippen LogP contribution in [0.2, 0.25) is 0 Å². The molecule has 1 heterocycles. The van der Waals surface area contributed by atoms with Crippen molar-refractivity contribution in [2.75, 3.05) is 6.54 Å². The Balaban J connectivity index is 1.99. The maximum atomic E-state index is 14.2. The number of aryl methyl sites for hydroxylation is 1. The Kier molecular flexibility index (Phi) is 6.06. The first-order valence-corrected chi connectivity index (χ1v) is 9.63. The fraction of sp³-hybridized carbons (Fsp3) is 0.238. The van der Waals surface area contributed by atoms with Gasteiger partial charge in [-0.3, -0.25) is 4.79 Å². The van der Waals surface area contributed by atoms with Gasteiger partial charge in [-0.25, -0.2) is 9.37 Å². The van der Waals surface area contributed by atoms with Crippen molar-refractivity contribution in [2.45, 2.75) is 26.4 Å². The summed E-state index contributed by atoms with van der Waals surface area (Å²) in [5.41, 5.74) is 1.67. The van der Waals surface area contributed by atoms with Crippen molar-refractivity contribution in [1.29, 1.82) is 0 Å². The van der Waals surface area contributed by atoms with Crippen LogP contribution in [0.15, 0.2) is 59.6 Å². The molecule has 0 spiro atoms. The predicted molar refractivity (Wildman–Crippen MR) is 109 cm³/mol. The van der Waals surface area contributed by atoms with Crippen LogP contribution >= 0.6 is 15.9 Å². The highest BCUT2D eigenvalue weighted by Crippen LogP contribution is 2.22. The zero-order valence-corrected chi connectivity index (χ0v) is 16.7. The van der Waals surface area contributed by atoms with E-state index >= 15 is 0 Å². The minimum absolute atomic E-state index is 0.119. The summed E-state index contributed by atoms with van der Waals surface area (Å²) in [5, 5.41) is 0. The molecular formula is C21H21BrFN3O. The van der Waals surface area contributed by atoms with Gasteiger partial charge >= 0.3 is 0 Å². The number of fused-ring (bicyclic) bond motifs is 1. The molecule has 0 saturated heterocycles. The minimum atomic E-state index is -0.350. The van der Waals surface area contributed by atoms with E-state index in [1.54, 1.807) is 29.2 Å². The summed E-state index contributed by atoms with van der Waals surface area (Å²) in [6.07, 6.45) is 2.57. The van der Waals surface area contributed by atoms with Gasteiger partial charge < -0.3 is 9.47 Å². The first kappa shape index (κ1) is 19.3. The van der Waals surface area contributed by atoms with Crippen molar-refractivity contribution >= 4 is 32.9 Å². The van der Waals surface area contributed by atoms with Crippen LogP contribution in [-0.4, -0.2) is 26.9 Å². The molecule has 27 heavy (non-hydrogen) atoms.